The van der Waals surface area contributed by atoms with Gasteiger partial charge in [-0.2, -0.15) is 9.97 Å². The summed E-state index contributed by atoms with van der Waals surface area (Å²) in [6, 6.07) is 72.4. The number of allylic oxidation sites excluding steroid dienone is 1. The fourth-order valence-corrected chi connectivity index (χ4v) is 10.9. The number of hydrogen-bond donors (Lipinski definition) is 0. The van der Waals surface area contributed by atoms with Crippen LogP contribution in [0.25, 0.3) is 127 Å². The van der Waals surface area contributed by atoms with Crippen LogP contribution in [0.1, 0.15) is 18.2 Å². The highest BCUT2D eigenvalue weighted by Crippen LogP contribution is 2.41. The van der Waals surface area contributed by atoms with Gasteiger partial charge in [-0.3, -0.25) is 4.57 Å². The minimum atomic E-state index is 0.355. The van der Waals surface area contributed by atoms with Gasteiger partial charge in [0.25, 0.3) is 0 Å². The van der Waals surface area contributed by atoms with Crippen molar-refractivity contribution in [2.45, 2.75) is 13.3 Å². The lowest BCUT2D eigenvalue weighted by molar-refractivity contribution is 0.684. The molecular weight excluding hydrogens is 815 g/mol. The number of aromatic nitrogens is 5. The Balaban J connectivity index is 0.954. The number of rotatable bonds is 5. The number of para-hydroxylation sites is 1. The third-order valence-corrected chi connectivity index (χ3v) is 14.1. The molecule has 0 bridgehead atoms. The first kappa shape index (κ1) is 37.7. The van der Waals surface area contributed by atoms with E-state index in [9.17, 15) is 0 Å². The molecule has 0 spiro atoms. The molecule has 1 unspecified atom stereocenters. The molecule has 0 fully saturated rings. The van der Waals surface area contributed by atoms with Crippen LogP contribution in [0, 0.1) is 5.92 Å². The van der Waals surface area contributed by atoms with Crippen molar-refractivity contribution in [2.75, 3.05) is 0 Å². The summed E-state index contributed by atoms with van der Waals surface area (Å²) in [6.07, 6.45) is 5.52. The topological polar surface area (TPSA) is 48.5 Å². The molecule has 0 saturated heterocycles. The second-order valence-electron chi connectivity index (χ2n) is 18.1. The highest BCUT2D eigenvalue weighted by atomic mass is 15.2. The lowest BCUT2D eigenvalue weighted by Crippen LogP contribution is -2.12. The van der Waals surface area contributed by atoms with Crippen molar-refractivity contribution in [1.82, 2.24) is 24.1 Å². The van der Waals surface area contributed by atoms with Crippen LogP contribution in [0.15, 0.2) is 206 Å². The van der Waals surface area contributed by atoms with Gasteiger partial charge in [0.1, 0.15) is 0 Å². The molecule has 0 radical (unpaired) electrons. The Morgan fingerprint density at radius 3 is 1.61 bits per heavy atom. The van der Waals surface area contributed by atoms with E-state index in [2.05, 4.69) is 228 Å². The molecule has 314 valence electrons. The minimum absolute atomic E-state index is 0.355. The van der Waals surface area contributed by atoms with Crippen molar-refractivity contribution >= 4 is 81.9 Å². The average Bonchev–Trinajstić information content (AvgIpc) is 3.89. The van der Waals surface area contributed by atoms with Gasteiger partial charge in [-0.25, -0.2) is 4.98 Å². The van der Waals surface area contributed by atoms with E-state index in [1.54, 1.807) is 0 Å². The largest absolute Gasteiger partial charge is 0.309 e. The molecular formula is C62H41N5. The normalized spacial score (nSPS) is 13.8. The van der Waals surface area contributed by atoms with Crippen molar-refractivity contribution < 1.29 is 0 Å². The number of fused-ring (bicyclic) bond motifs is 11. The molecule has 3 heterocycles. The van der Waals surface area contributed by atoms with Crippen LogP contribution in [0.4, 0.5) is 0 Å². The lowest BCUT2D eigenvalue weighted by atomic mass is 9.94. The third-order valence-electron chi connectivity index (χ3n) is 14.1. The third kappa shape index (κ3) is 5.91. The molecule has 1 aliphatic rings. The van der Waals surface area contributed by atoms with Crippen LogP contribution in [-0.2, 0) is 6.42 Å². The van der Waals surface area contributed by atoms with Crippen molar-refractivity contribution in [3.05, 3.63) is 218 Å². The molecule has 13 aromatic rings. The van der Waals surface area contributed by atoms with E-state index in [1.165, 1.54) is 71.1 Å². The summed E-state index contributed by atoms with van der Waals surface area (Å²) in [4.78, 5) is 16.1. The van der Waals surface area contributed by atoms with Crippen LogP contribution >= 0.6 is 0 Å². The smallest absolute Gasteiger partial charge is 0.238 e. The maximum Gasteiger partial charge on any atom is 0.238 e. The highest BCUT2D eigenvalue weighted by Gasteiger charge is 2.25. The van der Waals surface area contributed by atoms with Gasteiger partial charge in [0.15, 0.2) is 11.6 Å². The second kappa shape index (κ2) is 14.7. The zero-order valence-corrected chi connectivity index (χ0v) is 36.7. The van der Waals surface area contributed by atoms with Crippen molar-refractivity contribution in [3.63, 3.8) is 0 Å². The minimum Gasteiger partial charge on any atom is -0.309 e. The molecule has 14 rings (SSSR count). The van der Waals surface area contributed by atoms with E-state index in [4.69, 9.17) is 15.0 Å². The second-order valence-corrected chi connectivity index (χ2v) is 18.1. The van der Waals surface area contributed by atoms with Crippen molar-refractivity contribution in [1.29, 1.82) is 0 Å². The molecule has 0 saturated carbocycles. The Morgan fingerprint density at radius 2 is 0.925 bits per heavy atom. The first-order valence-corrected chi connectivity index (χ1v) is 23.1. The Labute approximate surface area is 386 Å². The average molecular weight is 856 g/mol. The maximum atomic E-state index is 5.40. The van der Waals surface area contributed by atoms with Crippen molar-refractivity contribution in [2.24, 2.45) is 5.92 Å². The molecule has 0 amide bonds. The zero-order chi connectivity index (χ0) is 44.2. The summed E-state index contributed by atoms with van der Waals surface area (Å²) < 4.78 is 4.73. The van der Waals surface area contributed by atoms with E-state index in [0.717, 1.165) is 50.3 Å². The van der Waals surface area contributed by atoms with Crippen LogP contribution in [-0.4, -0.2) is 24.1 Å². The molecule has 5 nitrogen and oxygen atoms in total. The SMILES string of the molecule is CC1C=Cc2c(n(-c3nc(-c4cccc5ccccc45)nc(-c4cccc5ccccc45)n3)c3ccc(-c4ccc5c(c4)c4ccccc4n5-c4ccc5ccc6ccccc6c5c4)cc23)C1. The van der Waals surface area contributed by atoms with Gasteiger partial charge in [-0.05, 0) is 109 Å². The molecule has 1 atom stereocenters. The molecule has 0 aliphatic heterocycles. The van der Waals surface area contributed by atoms with Gasteiger partial charge in [-0.15, -0.1) is 0 Å². The number of hydrogen-bond acceptors (Lipinski definition) is 3. The number of nitrogens with zero attached hydrogens (tertiary/aromatic N) is 5. The molecule has 67 heavy (non-hydrogen) atoms. The van der Waals surface area contributed by atoms with Crippen LogP contribution in [0.5, 0.6) is 0 Å². The van der Waals surface area contributed by atoms with E-state index in [0.29, 0.717) is 23.5 Å². The molecule has 3 aromatic heterocycles. The monoisotopic (exact) mass is 855 g/mol. The van der Waals surface area contributed by atoms with Gasteiger partial charge >= 0.3 is 0 Å². The molecule has 5 heteroatoms. The van der Waals surface area contributed by atoms with Crippen LogP contribution < -0.4 is 0 Å². The summed E-state index contributed by atoms with van der Waals surface area (Å²) >= 11 is 0. The Kier molecular flexibility index (Phi) is 8.25. The van der Waals surface area contributed by atoms with Gasteiger partial charge in [0.05, 0.1) is 16.6 Å². The summed E-state index contributed by atoms with van der Waals surface area (Å²) in [6.45, 7) is 2.29. The predicted octanol–water partition coefficient (Wildman–Crippen LogP) is 15.7. The van der Waals surface area contributed by atoms with Crippen molar-refractivity contribution in [3.8, 4) is 45.5 Å². The first-order chi connectivity index (χ1) is 33.1. The van der Waals surface area contributed by atoms with E-state index < -0.39 is 0 Å². The Hall–Kier alpha value is -8.67. The standard InChI is InChI=1S/C62H41N5/c1-38-24-31-50-55-36-44(43-28-32-57-54(35-43)49-20-8-9-23-56(49)66(57)45-30-27-42-26-25-41-14-4-7-19-48(41)53(42)37-45)29-33-58(55)67(59(50)34-38)62-64-60(51-21-10-15-39-12-2-5-17-46(39)51)63-61(65-62)52-22-11-16-40-13-3-6-18-47(40)52/h2-33,35-38H,34H2,1H3. The van der Waals surface area contributed by atoms with E-state index >= 15 is 0 Å². The van der Waals surface area contributed by atoms with Crippen LogP contribution in [0.3, 0.4) is 0 Å². The van der Waals surface area contributed by atoms with E-state index in [1.807, 2.05) is 0 Å². The zero-order valence-electron chi connectivity index (χ0n) is 36.7. The molecule has 0 N–H and O–H groups in total. The fraction of sp³-hybridized carbons (Fsp3) is 0.0484. The Bertz CT molecular complexity index is 4120. The van der Waals surface area contributed by atoms with Gasteiger partial charge in [0, 0.05) is 44.2 Å². The van der Waals surface area contributed by atoms with Crippen LogP contribution in [0.2, 0.25) is 0 Å². The lowest BCUT2D eigenvalue weighted by Gasteiger charge is -2.17. The van der Waals surface area contributed by atoms with E-state index in [-0.39, 0.29) is 0 Å². The van der Waals surface area contributed by atoms with Gasteiger partial charge in [0.2, 0.25) is 5.95 Å². The molecule has 10 aromatic carbocycles. The van der Waals surface area contributed by atoms with Gasteiger partial charge in [-0.1, -0.05) is 177 Å². The fourth-order valence-electron chi connectivity index (χ4n) is 10.9. The summed E-state index contributed by atoms with van der Waals surface area (Å²) in [5.74, 6) is 2.29. The summed E-state index contributed by atoms with van der Waals surface area (Å²) in [5, 5.41) is 13.2. The Morgan fingerprint density at radius 1 is 0.403 bits per heavy atom. The predicted molar refractivity (Wildman–Crippen MR) is 279 cm³/mol. The van der Waals surface area contributed by atoms with Gasteiger partial charge < -0.3 is 4.57 Å². The quantitative estimate of drug-likeness (QED) is 0.162. The highest BCUT2D eigenvalue weighted by molar-refractivity contribution is 6.12. The summed E-state index contributed by atoms with van der Waals surface area (Å²) in [5.41, 5.74) is 11.3. The summed E-state index contributed by atoms with van der Waals surface area (Å²) in [7, 11) is 0. The maximum absolute atomic E-state index is 5.40. The number of benzene rings is 10. The molecule has 1 aliphatic carbocycles. The first-order valence-electron chi connectivity index (χ1n) is 23.1.